The zero-order chi connectivity index (χ0) is 19.1. The van der Waals surface area contributed by atoms with Gasteiger partial charge in [0.15, 0.2) is 0 Å². The summed E-state index contributed by atoms with van der Waals surface area (Å²) in [5.41, 5.74) is 4.05. The maximum Gasteiger partial charge on any atom is 0.253 e. The van der Waals surface area contributed by atoms with Gasteiger partial charge in [0.2, 0.25) is 0 Å². The van der Waals surface area contributed by atoms with Crippen molar-refractivity contribution in [3.05, 3.63) is 54.1 Å². The molecule has 1 N–H and O–H groups in total. The van der Waals surface area contributed by atoms with Crippen LogP contribution in [0.25, 0.3) is 22.4 Å². The third-order valence-electron chi connectivity index (χ3n) is 6.37. The van der Waals surface area contributed by atoms with Crippen molar-refractivity contribution >= 4 is 16.9 Å². The van der Waals surface area contributed by atoms with E-state index in [2.05, 4.69) is 26.8 Å². The van der Waals surface area contributed by atoms with Gasteiger partial charge in [-0.15, -0.1) is 0 Å². The highest BCUT2D eigenvalue weighted by atomic mass is 16.2. The third-order valence-corrected chi connectivity index (χ3v) is 6.37. The van der Waals surface area contributed by atoms with Gasteiger partial charge in [0.25, 0.3) is 5.91 Å². The lowest BCUT2D eigenvalue weighted by atomic mass is 9.79. The number of nitrogens with zero attached hydrogens (tertiary/aromatic N) is 3. The minimum atomic E-state index is 0.157. The van der Waals surface area contributed by atoms with E-state index >= 15 is 0 Å². The Balaban J connectivity index is 1.34. The van der Waals surface area contributed by atoms with Crippen molar-refractivity contribution in [1.29, 1.82) is 0 Å². The largest absolute Gasteiger partial charge is 0.338 e. The number of hydrogen-bond donors (Lipinski definition) is 1. The van der Waals surface area contributed by atoms with Crippen LogP contribution in [0.3, 0.4) is 0 Å². The fourth-order valence-electron chi connectivity index (χ4n) is 4.92. The number of benzene rings is 2. The molecule has 2 aliphatic rings. The maximum atomic E-state index is 13.1. The number of aromatic nitrogens is 2. The highest BCUT2D eigenvalue weighted by Gasteiger charge is 2.41. The predicted molar refractivity (Wildman–Crippen MR) is 111 cm³/mol. The number of rotatable bonds is 2. The summed E-state index contributed by atoms with van der Waals surface area (Å²) < 4.78 is 0. The number of hydrogen-bond acceptors (Lipinski definition) is 3. The third kappa shape index (κ3) is 3.10. The summed E-state index contributed by atoms with van der Waals surface area (Å²) in [6.45, 7) is 4.02. The predicted octanol–water partition coefficient (Wildman–Crippen LogP) is 3.79. The van der Waals surface area contributed by atoms with Gasteiger partial charge in [0.05, 0.1) is 11.0 Å². The molecule has 2 fully saturated rings. The number of amides is 1. The molecule has 0 bridgehead atoms. The van der Waals surface area contributed by atoms with Crippen LogP contribution in [0, 0.1) is 5.41 Å². The Morgan fingerprint density at radius 2 is 1.86 bits per heavy atom. The van der Waals surface area contributed by atoms with E-state index in [4.69, 9.17) is 0 Å². The molecule has 3 heterocycles. The molecule has 2 aliphatic heterocycles. The van der Waals surface area contributed by atoms with Crippen LogP contribution in [0.15, 0.2) is 48.5 Å². The number of H-pyrrole nitrogens is 1. The molecule has 3 aromatic rings. The molecule has 2 saturated heterocycles. The van der Waals surface area contributed by atoms with Gasteiger partial charge in [-0.1, -0.05) is 24.3 Å². The molecule has 0 radical (unpaired) electrons. The first-order chi connectivity index (χ1) is 13.6. The van der Waals surface area contributed by atoms with Crippen molar-refractivity contribution in [1.82, 2.24) is 19.8 Å². The fourth-order valence-corrected chi connectivity index (χ4v) is 4.92. The average molecular weight is 374 g/mol. The minimum absolute atomic E-state index is 0.157. The molecule has 2 aromatic carbocycles. The number of carbonyl (C=O) groups is 1. The Bertz CT molecular complexity index is 972. The van der Waals surface area contributed by atoms with Crippen LogP contribution < -0.4 is 0 Å². The standard InChI is InChI=1S/C23H26N4O/c1-26-14-12-23(15-26)11-4-13-27(16-23)22(28)18-9-7-17(8-10-18)21-24-19-5-2-3-6-20(19)25-21/h2-3,5-10H,4,11-16H2,1H3,(H,24,25)/t23-/m1/s1. The van der Waals surface area contributed by atoms with Crippen LogP contribution in [0.5, 0.6) is 0 Å². The Morgan fingerprint density at radius 3 is 2.61 bits per heavy atom. The van der Waals surface area contributed by atoms with Crippen LogP contribution in [-0.4, -0.2) is 58.9 Å². The molecule has 0 aliphatic carbocycles. The van der Waals surface area contributed by atoms with Crippen LogP contribution >= 0.6 is 0 Å². The number of imidazole rings is 1. The van der Waals surface area contributed by atoms with Gasteiger partial charge >= 0.3 is 0 Å². The Labute approximate surface area is 165 Å². The number of fused-ring (bicyclic) bond motifs is 1. The first kappa shape index (κ1) is 17.4. The van der Waals surface area contributed by atoms with E-state index in [-0.39, 0.29) is 5.91 Å². The Kier molecular flexibility index (Phi) is 4.20. The highest BCUT2D eigenvalue weighted by Crippen LogP contribution is 2.38. The van der Waals surface area contributed by atoms with Crippen molar-refractivity contribution in [2.45, 2.75) is 19.3 Å². The minimum Gasteiger partial charge on any atom is -0.338 e. The summed E-state index contributed by atoms with van der Waals surface area (Å²) in [4.78, 5) is 25.6. The quantitative estimate of drug-likeness (QED) is 0.743. The molecule has 28 heavy (non-hydrogen) atoms. The molecule has 144 valence electrons. The van der Waals surface area contributed by atoms with E-state index in [1.165, 1.54) is 12.8 Å². The van der Waals surface area contributed by atoms with E-state index in [1.807, 2.05) is 48.5 Å². The van der Waals surface area contributed by atoms with Gasteiger partial charge in [-0.2, -0.15) is 0 Å². The first-order valence-electron chi connectivity index (χ1n) is 10.2. The average Bonchev–Trinajstić information content (AvgIpc) is 3.31. The second-order valence-corrected chi connectivity index (χ2v) is 8.50. The number of carbonyl (C=O) groups excluding carboxylic acids is 1. The Morgan fingerprint density at radius 1 is 1.04 bits per heavy atom. The molecule has 1 atom stereocenters. The molecule has 0 saturated carbocycles. The lowest BCUT2D eigenvalue weighted by molar-refractivity contribution is 0.0534. The number of aromatic amines is 1. The van der Waals surface area contributed by atoms with Crippen molar-refractivity contribution in [2.24, 2.45) is 5.41 Å². The summed E-state index contributed by atoms with van der Waals surface area (Å²) in [7, 11) is 2.19. The molecule has 5 rings (SSSR count). The zero-order valence-electron chi connectivity index (χ0n) is 16.3. The van der Waals surface area contributed by atoms with E-state index < -0.39 is 0 Å². The second kappa shape index (κ2) is 6.74. The van der Waals surface area contributed by atoms with Crippen LogP contribution in [0.4, 0.5) is 0 Å². The van der Waals surface area contributed by atoms with Crippen LogP contribution in [0.1, 0.15) is 29.6 Å². The summed E-state index contributed by atoms with van der Waals surface area (Å²) in [5, 5.41) is 0. The molecule has 5 nitrogen and oxygen atoms in total. The van der Waals surface area contributed by atoms with E-state index in [0.717, 1.165) is 60.6 Å². The SMILES string of the molecule is CN1CC[C@]2(CCCN(C(=O)c3ccc(-c4nc5ccccc5[nH]4)cc3)C2)C1. The lowest BCUT2D eigenvalue weighted by Crippen LogP contribution is -2.47. The summed E-state index contributed by atoms with van der Waals surface area (Å²) in [6, 6.07) is 15.9. The van der Waals surface area contributed by atoms with Crippen LogP contribution in [0.2, 0.25) is 0 Å². The van der Waals surface area contributed by atoms with Crippen molar-refractivity contribution in [2.75, 3.05) is 33.2 Å². The second-order valence-electron chi connectivity index (χ2n) is 8.50. The van der Waals surface area contributed by atoms with Gasteiger partial charge in [-0.3, -0.25) is 4.79 Å². The first-order valence-corrected chi connectivity index (χ1v) is 10.2. The monoisotopic (exact) mass is 374 g/mol. The lowest BCUT2D eigenvalue weighted by Gasteiger charge is -2.40. The smallest absolute Gasteiger partial charge is 0.253 e. The van der Waals surface area contributed by atoms with Gasteiger partial charge in [-0.25, -0.2) is 4.98 Å². The molecule has 1 aromatic heterocycles. The number of nitrogens with one attached hydrogen (secondary N) is 1. The molecule has 5 heteroatoms. The Hall–Kier alpha value is -2.66. The maximum absolute atomic E-state index is 13.1. The highest BCUT2D eigenvalue weighted by molar-refractivity contribution is 5.94. The molecule has 1 amide bonds. The van der Waals surface area contributed by atoms with Gasteiger partial charge in [-0.05, 0) is 57.1 Å². The van der Waals surface area contributed by atoms with Crippen molar-refractivity contribution in [3.63, 3.8) is 0 Å². The zero-order valence-corrected chi connectivity index (χ0v) is 16.3. The molecular weight excluding hydrogens is 348 g/mol. The van der Waals surface area contributed by atoms with E-state index in [0.29, 0.717) is 5.41 Å². The molecule has 0 unspecified atom stereocenters. The summed E-state index contributed by atoms with van der Waals surface area (Å²) in [5.74, 6) is 0.996. The number of para-hydroxylation sites is 2. The van der Waals surface area contributed by atoms with E-state index in [1.54, 1.807) is 0 Å². The van der Waals surface area contributed by atoms with E-state index in [9.17, 15) is 4.79 Å². The van der Waals surface area contributed by atoms with Crippen molar-refractivity contribution in [3.8, 4) is 11.4 Å². The number of likely N-dealkylation sites (tertiary alicyclic amines) is 2. The van der Waals surface area contributed by atoms with Gasteiger partial charge < -0.3 is 14.8 Å². The summed E-state index contributed by atoms with van der Waals surface area (Å²) in [6.07, 6.45) is 3.56. The topological polar surface area (TPSA) is 52.2 Å². The van der Waals surface area contributed by atoms with Crippen molar-refractivity contribution < 1.29 is 4.79 Å². The summed E-state index contributed by atoms with van der Waals surface area (Å²) >= 11 is 0. The number of piperidine rings is 1. The molecule has 1 spiro atoms. The normalized spacial score (nSPS) is 23.0. The van der Waals surface area contributed by atoms with Gasteiger partial charge in [0.1, 0.15) is 5.82 Å². The molecular formula is C23H26N4O. The van der Waals surface area contributed by atoms with Gasteiger partial charge in [0, 0.05) is 36.2 Å². The fraction of sp³-hybridized carbons (Fsp3) is 0.391. The van der Waals surface area contributed by atoms with Crippen LogP contribution in [-0.2, 0) is 0 Å².